The molecule has 6 nitrogen and oxygen atoms in total. The van der Waals surface area contributed by atoms with E-state index in [1.165, 1.54) is 5.56 Å². The summed E-state index contributed by atoms with van der Waals surface area (Å²) in [5, 5.41) is 7.74. The molecule has 2 aromatic carbocycles. The highest BCUT2D eigenvalue weighted by molar-refractivity contribution is 6.30. The van der Waals surface area contributed by atoms with Crippen LogP contribution >= 0.6 is 11.6 Å². The van der Waals surface area contributed by atoms with Crippen molar-refractivity contribution < 1.29 is 9.47 Å². The number of nitrogens with zero attached hydrogens (tertiary/aromatic N) is 2. The number of benzene rings is 2. The van der Waals surface area contributed by atoms with Crippen molar-refractivity contribution in [3.8, 4) is 11.5 Å². The fourth-order valence-corrected chi connectivity index (χ4v) is 3.75. The molecule has 1 saturated heterocycles. The molecule has 1 heterocycles. The molecule has 162 valence electrons. The van der Waals surface area contributed by atoms with E-state index >= 15 is 0 Å². The molecule has 0 aromatic heterocycles. The van der Waals surface area contributed by atoms with E-state index in [0.717, 1.165) is 67.1 Å². The number of hydrogen-bond acceptors (Lipinski definition) is 4. The summed E-state index contributed by atoms with van der Waals surface area (Å²) in [6.45, 7) is 2.76. The summed E-state index contributed by atoms with van der Waals surface area (Å²) >= 11 is 5.95. The minimum atomic E-state index is 0.399. The SMILES string of the molecule is CN=C(NCCc1ccc(Cl)cc1)NC1CCN(c2cc(OC)cc(OC)c2)CC1. The zero-order valence-electron chi connectivity index (χ0n) is 18.0. The van der Waals surface area contributed by atoms with Crippen LogP contribution < -0.4 is 25.0 Å². The minimum Gasteiger partial charge on any atom is -0.497 e. The molecule has 7 heteroatoms. The van der Waals surface area contributed by atoms with Crippen molar-refractivity contribution in [3.63, 3.8) is 0 Å². The Balaban J connectivity index is 1.46. The first-order valence-corrected chi connectivity index (χ1v) is 10.7. The maximum Gasteiger partial charge on any atom is 0.191 e. The van der Waals surface area contributed by atoms with Crippen molar-refractivity contribution >= 4 is 23.2 Å². The maximum atomic E-state index is 5.95. The van der Waals surface area contributed by atoms with Crippen LogP contribution in [0.3, 0.4) is 0 Å². The topological polar surface area (TPSA) is 58.1 Å². The van der Waals surface area contributed by atoms with Crippen LogP contribution in [0.5, 0.6) is 11.5 Å². The van der Waals surface area contributed by atoms with Gasteiger partial charge in [-0.3, -0.25) is 4.99 Å². The minimum absolute atomic E-state index is 0.399. The van der Waals surface area contributed by atoms with Crippen LogP contribution in [-0.4, -0.2) is 52.9 Å². The number of nitrogens with one attached hydrogen (secondary N) is 2. The average Bonchev–Trinajstić information content (AvgIpc) is 2.79. The van der Waals surface area contributed by atoms with Gasteiger partial charge in [-0.1, -0.05) is 23.7 Å². The van der Waals surface area contributed by atoms with Gasteiger partial charge in [-0.15, -0.1) is 0 Å². The second kappa shape index (κ2) is 11.0. The van der Waals surface area contributed by atoms with Crippen molar-refractivity contribution in [2.75, 3.05) is 45.8 Å². The number of methoxy groups -OCH3 is 2. The van der Waals surface area contributed by atoms with Crippen molar-refractivity contribution in [1.82, 2.24) is 10.6 Å². The van der Waals surface area contributed by atoms with Crippen LogP contribution in [0, 0.1) is 0 Å². The van der Waals surface area contributed by atoms with E-state index in [9.17, 15) is 0 Å². The molecule has 0 atom stereocenters. The van der Waals surface area contributed by atoms with E-state index in [1.807, 2.05) is 25.2 Å². The average molecular weight is 431 g/mol. The lowest BCUT2D eigenvalue weighted by Crippen LogP contribution is -2.49. The van der Waals surface area contributed by atoms with Gasteiger partial charge in [-0.05, 0) is 37.0 Å². The van der Waals surface area contributed by atoms with Gasteiger partial charge in [0.25, 0.3) is 0 Å². The Morgan fingerprint density at radius 2 is 1.70 bits per heavy atom. The highest BCUT2D eigenvalue weighted by Gasteiger charge is 2.21. The van der Waals surface area contributed by atoms with Gasteiger partial charge in [0.2, 0.25) is 0 Å². The summed E-state index contributed by atoms with van der Waals surface area (Å²) in [6.07, 6.45) is 3.00. The van der Waals surface area contributed by atoms with E-state index in [0.29, 0.717) is 6.04 Å². The van der Waals surface area contributed by atoms with Gasteiger partial charge in [-0.2, -0.15) is 0 Å². The van der Waals surface area contributed by atoms with E-state index in [4.69, 9.17) is 21.1 Å². The molecule has 0 amide bonds. The van der Waals surface area contributed by atoms with E-state index in [-0.39, 0.29) is 0 Å². The zero-order chi connectivity index (χ0) is 21.3. The Morgan fingerprint density at radius 3 is 2.27 bits per heavy atom. The lowest BCUT2D eigenvalue weighted by molar-refractivity contribution is 0.393. The summed E-state index contributed by atoms with van der Waals surface area (Å²) in [6, 6.07) is 14.4. The summed E-state index contributed by atoms with van der Waals surface area (Å²) in [4.78, 5) is 6.75. The van der Waals surface area contributed by atoms with Gasteiger partial charge in [-0.25, -0.2) is 0 Å². The molecule has 1 fully saturated rings. The van der Waals surface area contributed by atoms with Gasteiger partial charge in [0.05, 0.1) is 14.2 Å². The quantitative estimate of drug-likeness (QED) is 0.517. The number of hydrogen-bond donors (Lipinski definition) is 2. The number of guanidine groups is 1. The first-order valence-electron chi connectivity index (χ1n) is 10.3. The molecule has 2 aromatic rings. The predicted molar refractivity (Wildman–Crippen MR) is 124 cm³/mol. The highest BCUT2D eigenvalue weighted by atomic mass is 35.5. The van der Waals surface area contributed by atoms with Crippen LogP contribution in [0.4, 0.5) is 5.69 Å². The van der Waals surface area contributed by atoms with Gasteiger partial charge in [0, 0.05) is 61.6 Å². The Morgan fingerprint density at radius 1 is 1.07 bits per heavy atom. The molecule has 1 aliphatic rings. The fourth-order valence-electron chi connectivity index (χ4n) is 3.62. The van der Waals surface area contributed by atoms with Crippen LogP contribution in [0.15, 0.2) is 47.5 Å². The van der Waals surface area contributed by atoms with Crippen LogP contribution in [0.1, 0.15) is 18.4 Å². The third-order valence-electron chi connectivity index (χ3n) is 5.38. The highest BCUT2D eigenvalue weighted by Crippen LogP contribution is 2.30. The molecule has 0 radical (unpaired) electrons. The summed E-state index contributed by atoms with van der Waals surface area (Å²) < 4.78 is 10.8. The summed E-state index contributed by atoms with van der Waals surface area (Å²) in [5.74, 6) is 2.48. The van der Waals surface area contributed by atoms with Gasteiger partial charge in [0.15, 0.2) is 5.96 Å². The van der Waals surface area contributed by atoms with E-state index < -0.39 is 0 Å². The van der Waals surface area contributed by atoms with Gasteiger partial charge < -0.3 is 25.0 Å². The third-order valence-corrected chi connectivity index (χ3v) is 5.63. The molecule has 0 spiro atoms. The predicted octanol–water partition coefficient (Wildman–Crippen LogP) is 3.73. The molecule has 2 N–H and O–H groups in total. The van der Waals surface area contributed by atoms with Crippen molar-refractivity contribution in [1.29, 1.82) is 0 Å². The van der Waals surface area contributed by atoms with Crippen molar-refractivity contribution in [2.45, 2.75) is 25.3 Å². The Hall–Kier alpha value is -2.60. The van der Waals surface area contributed by atoms with E-state index in [2.05, 4.69) is 44.8 Å². The molecule has 0 saturated carbocycles. The van der Waals surface area contributed by atoms with Gasteiger partial charge >= 0.3 is 0 Å². The third kappa shape index (κ3) is 6.20. The Labute approximate surface area is 184 Å². The van der Waals surface area contributed by atoms with Gasteiger partial charge in [0.1, 0.15) is 11.5 Å². The number of ether oxygens (including phenoxy) is 2. The number of halogens is 1. The van der Waals surface area contributed by atoms with E-state index in [1.54, 1.807) is 14.2 Å². The number of rotatable bonds is 7. The second-order valence-corrected chi connectivity index (χ2v) is 7.79. The molecule has 0 aliphatic carbocycles. The first kappa shape index (κ1) is 22.1. The second-order valence-electron chi connectivity index (χ2n) is 7.35. The molecule has 0 unspecified atom stereocenters. The molecular weight excluding hydrogens is 400 g/mol. The Bertz CT molecular complexity index is 811. The number of aliphatic imine (C=N–C) groups is 1. The maximum absolute atomic E-state index is 5.95. The van der Waals surface area contributed by atoms with Crippen LogP contribution in [-0.2, 0) is 6.42 Å². The lowest BCUT2D eigenvalue weighted by Gasteiger charge is -2.34. The van der Waals surface area contributed by atoms with Crippen LogP contribution in [0.25, 0.3) is 0 Å². The standard InChI is InChI=1S/C23H31ClN4O2/c1-25-23(26-11-8-17-4-6-18(24)7-5-17)27-19-9-12-28(13-10-19)20-14-21(29-2)16-22(15-20)30-3/h4-7,14-16,19H,8-13H2,1-3H3,(H2,25,26,27). The largest absolute Gasteiger partial charge is 0.497 e. The zero-order valence-corrected chi connectivity index (χ0v) is 18.7. The van der Waals surface area contributed by atoms with Crippen molar-refractivity contribution in [2.24, 2.45) is 4.99 Å². The summed E-state index contributed by atoms with van der Waals surface area (Å²) in [5.41, 5.74) is 2.39. The van der Waals surface area contributed by atoms with Crippen molar-refractivity contribution in [3.05, 3.63) is 53.1 Å². The molecule has 3 rings (SSSR count). The number of anilines is 1. The molecule has 30 heavy (non-hydrogen) atoms. The fraction of sp³-hybridized carbons (Fsp3) is 0.435. The number of piperidine rings is 1. The molecule has 0 bridgehead atoms. The first-order chi connectivity index (χ1) is 14.6. The summed E-state index contributed by atoms with van der Waals surface area (Å²) in [7, 11) is 5.18. The normalized spacial score (nSPS) is 15.1. The molecular formula is C23H31ClN4O2. The monoisotopic (exact) mass is 430 g/mol. The Kier molecular flexibility index (Phi) is 8.08. The lowest BCUT2D eigenvalue weighted by atomic mass is 10.0. The molecule has 1 aliphatic heterocycles. The smallest absolute Gasteiger partial charge is 0.191 e. The van der Waals surface area contributed by atoms with Crippen LogP contribution in [0.2, 0.25) is 5.02 Å².